The van der Waals surface area contributed by atoms with Crippen LogP contribution in [0.4, 0.5) is 5.69 Å². The highest BCUT2D eigenvalue weighted by molar-refractivity contribution is 7.89. The van der Waals surface area contributed by atoms with Gasteiger partial charge in [-0.05, 0) is 37.3 Å². The van der Waals surface area contributed by atoms with Crippen molar-refractivity contribution in [3.05, 3.63) is 32.3 Å². The van der Waals surface area contributed by atoms with Crippen LogP contribution < -0.4 is 4.72 Å². The fraction of sp³-hybridized carbons (Fsp3) is 0.500. The zero-order valence-electron chi connectivity index (χ0n) is 11.2. The summed E-state index contributed by atoms with van der Waals surface area (Å²) < 4.78 is 27.2. The van der Waals surface area contributed by atoms with Gasteiger partial charge in [0, 0.05) is 6.04 Å². The molecule has 1 aliphatic rings. The van der Waals surface area contributed by atoms with Crippen molar-refractivity contribution in [1.82, 2.24) is 4.72 Å². The minimum atomic E-state index is -3.92. The summed E-state index contributed by atoms with van der Waals surface area (Å²) in [5.74, 6) is 0.452. The van der Waals surface area contributed by atoms with Crippen molar-refractivity contribution in [1.29, 1.82) is 0 Å². The average Bonchev–Trinajstić information content (AvgIpc) is 2.72. The third kappa shape index (κ3) is 3.48. The van der Waals surface area contributed by atoms with E-state index in [0.29, 0.717) is 5.92 Å². The Bertz CT molecular complexity index is 678. The molecule has 0 saturated heterocycles. The van der Waals surface area contributed by atoms with E-state index in [-0.39, 0.29) is 16.0 Å². The quantitative estimate of drug-likeness (QED) is 0.664. The Morgan fingerprint density at radius 2 is 2.00 bits per heavy atom. The summed E-state index contributed by atoms with van der Waals surface area (Å²) in [6.07, 6.45) is 2.43. The van der Waals surface area contributed by atoms with Gasteiger partial charge in [-0.15, -0.1) is 0 Å². The second kappa shape index (κ2) is 6.08. The van der Waals surface area contributed by atoms with E-state index >= 15 is 0 Å². The number of nitrogens with one attached hydrogen (secondary N) is 1. The summed E-state index contributed by atoms with van der Waals surface area (Å²) in [7, 11) is -3.92. The van der Waals surface area contributed by atoms with Gasteiger partial charge >= 0.3 is 5.69 Å². The second-order valence-corrected chi connectivity index (χ2v) is 7.67. The Hall–Kier alpha value is -0.890. The molecule has 1 fully saturated rings. The fourth-order valence-electron chi connectivity index (χ4n) is 2.49. The van der Waals surface area contributed by atoms with Gasteiger partial charge in [0.15, 0.2) is 0 Å². The molecule has 0 radical (unpaired) electrons. The number of halogens is 2. The first-order valence-electron chi connectivity index (χ1n) is 6.37. The average molecular weight is 353 g/mol. The Labute approximate surface area is 132 Å². The highest BCUT2D eigenvalue weighted by Gasteiger charge is 2.31. The molecule has 0 aromatic heterocycles. The summed E-state index contributed by atoms with van der Waals surface area (Å²) >= 11 is 11.6. The zero-order valence-corrected chi connectivity index (χ0v) is 13.5. The molecule has 9 heteroatoms. The van der Waals surface area contributed by atoms with Gasteiger partial charge in [0.1, 0.15) is 14.9 Å². The second-order valence-electron chi connectivity index (χ2n) is 5.20. The van der Waals surface area contributed by atoms with E-state index < -0.39 is 25.7 Å². The number of nitro groups is 1. The first kappa shape index (κ1) is 16.5. The van der Waals surface area contributed by atoms with Crippen LogP contribution in [0.25, 0.3) is 0 Å². The van der Waals surface area contributed by atoms with Crippen LogP contribution in [0.3, 0.4) is 0 Å². The lowest BCUT2D eigenvalue weighted by Gasteiger charge is -2.14. The van der Waals surface area contributed by atoms with E-state index in [9.17, 15) is 18.5 Å². The Balaban J connectivity index is 2.37. The van der Waals surface area contributed by atoms with Crippen LogP contribution in [0.15, 0.2) is 17.0 Å². The van der Waals surface area contributed by atoms with Crippen molar-refractivity contribution in [2.75, 3.05) is 0 Å². The number of benzene rings is 1. The Morgan fingerprint density at radius 1 is 1.33 bits per heavy atom. The van der Waals surface area contributed by atoms with Crippen molar-refractivity contribution in [3.8, 4) is 0 Å². The number of hydrogen-bond donors (Lipinski definition) is 1. The molecule has 1 saturated carbocycles. The molecule has 0 heterocycles. The summed E-state index contributed by atoms with van der Waals surface area (Å²) in [6.45, 7) is 2.05. The van der Waals surface area contributed by atoms with Gasteiger partial charge in [-0.25, -0.2) is 13.1 Å². The molecule has 21 heavy (non-hydrogen) atoms. The van der Waals surface area contributed by atoms with Crippen LogP contribution in [-0.2, 0) is 10.0 Å². The molecule has 2 rings (SSSR count). The number of sulfonamides is 1. The lowest BCUT2D eigenvalue weighted by Crippen LogP contribution is -2.33. The van der Waals surface area contributed by atoms with Crippen LogP contribution in [0.2, 0.25) is 10.0 Å². The highest BCUT2D eigenvalue weighted by Crippen LogP contribution is 2.37. The predicted molar refractivity (Wildman–Crippen MR) is 80.2 cm³/mol. The van der Waals surface area contributed by atoms with E-state index in [1.54, 1.807) is 0 Å². The van der Waals surface area contributed by atoms with Crippen LogP contribution in [0.1, 0.15) is 26.2 Å². The maximum absolute atomic E-state index is 12.3. The largest absolute Gasteiger partial charge is 0.307 e. The van der Waals surface area contributed by atoms with E-state index in [4.69, 9.17) is 23.2 Å². The molecule has 1 N–H and O–H groups in total. The van der Waals surface area contributed by atoms with Gasteiger partial charge in [-0.2, -0.15) is 0 Å². The number of nitro benzene ring substituents is 1. The summed E-state index contributed by atoms with van der Waals surface area (Å²) in [4.78, 5) is 9.82. The summed E-state index contributed by atoms with van der Waals surface area (Å²) in [6, 6.07) is 2.17. The lowest BCUT2D eigenvalue weighted by molar-refractivity contribution is -0.384. The van der Waals surface area contributed by atoms with Gasteiger partial charge in [0.25, 0.3) is 0 Å². The minimum Gasteiger partial charge on any atom is -0.258 e. The standard InChI is InChI=1S/C12H14Cl2N2O4S/c1-7-2-3-8(6-7)15-21(19,20)10-5-4-9(13)12(11(10)14)16(17)18/h4-5,7-8,15H,2-3,6H2,1H3. The molecule has 6 nitrogen and oxygen atoms in total. The molecule has 2 atom stereocenters. The lowest BCUT2D eigenvalue weighted by atomic mass is 10.1. The number of rotatable bonds is 4. The fourth-order valence-corrected chi connectivity index (χ4v) is 4.67. The summed E-state index contributed by atoms with van der Waals surface area (Å²) in [5, 5.41) is 10.3. The molecular weight excluding hydrogens is 339 g/mol. The molecule has 0 spiro atoms. The maximum Gasteiger partial charge on any atom is 0.307 e. The molecular formula is C12H14Cl2N2O4S. The molecule has 1 aromatic carbocycles. The van der Waals surface area contributed by atoms with Gasteiger partial charge < -0.3 is 0 Å². The van der Waals surface area contributed by atoms with Crippen molar-refractivity contribution in [2.24, 2.45) is 5.92 Å². The van der Waals surface area contributed by atoms with Gasteiger partial charge in [0.05, 0.1) is 4.92 Å². The molecule has 2 unspecified atom stereocenters. The maximum atomic E-state index is 12.3. The van der Waals surface area contributed by atoms with E-state index in [0.717, 1.165) is 25.3 Å². The predicted octanol–water partition coefficient (Wildman–Crippen LogP) is 3.37. The normalized spacial score (nSPS) is 22.4. The SMILES string of the molecule is CC1CCC(NS(=O)(=O)c2ccc(Cl)c([N+](=O)[O-])c2Cl)C1. The Morgan fingerprint density at radius 3 is 2.52 bits per heavy atom. The zero-order chi connectivity index (χ0) is 15.8. The summed E-state index contributed by atoms with van der Waals surface area (Å²) in [5.41, 5.74) is -0.596. The first-order valence-corrected chi connectivity index (χ1v) is 8.61. The van der Waals surface area contributed by atoms with Gasteiger partial charge in [-0.1, -0.05) is 30.1 Å². The van der Waals surface area contributed by atoms with Crippen molar-refractivity contribution in [2.45, 2.75) is 37.1 Å². The van der Waals surface area contributed by atoms with Crippen LogP contribution in [-0.4, -0.2) is 19.4 Å². The third-order valence-electron chi connectivity index (χ3n) is 3.52. The van der Waals surface area contributed by atoms with E-state index in [1.807, 2.05) is 0 Å². The molecule has 0 aliphatic heterocycles. The number of hydrogen-bond acceptors (Lipinski definition) is 4. The molecule has 0 bridgehead atoms. The molecule has 116 valence electrons. The van der Waals surface area contributed by atoms with E-state index in [2.05, 4.69) is 11.6 Å². The van der Waals surface area contributed by atoms with Crippen molar-refractivity contribution in [3.63, 3.8) is 0 Å². The Kier molecular flexibility index (Phi) is 4.77. The van der Waals surface area contributed by atoms with Crippen LogP contribution in [0.5, 0.6) is 0 Å². The smallest absolute Gasteiger partial charge is 0.258 e. The topological polar surface area (TPSA) is 89.3 Å². The van der Waals surface area contributed by atoms with E-state index in [1.165, 1.54) is 6.07 Å². The monoisotopic (exact) mass is 352 g/mol. The van der Waals surface area contributed by atoms with Crippen molar-refractivity contribution >= 4 is 38.9 Å². The molecule has 0 amide bonds. The van der Waals surface area contributed by atoms with Gasteiger partial charge in [-0.3, -0.25) is 10.1 Å². The first-order chi connectivity index (χ1) is 9.72. The number of nitrogens with zero attached hydrogens (tertiary/aromatic N) is 1. The van der Waals surface area contributed by atoms with Crippen molar-refractivity contribution < 1.29 is 13.3 Å². The highest BCUT2D eigenvalue weighted by atomic mass is 35.5. The molecule has 1 aliphatic carbocycles. The van der Waals surface area contributed by atoms with Crippen LogP contribution >= 0.6 is 23.2 Å². The minimum absolute atomic E-state index is 0.171. The van der Waals surface area contributed by atoms with Gasteiger partial charge in [0.2, 0.25) is 10.0 Å². The molecule has 1 aromatic rings. The third-order valence-corrected chi connectivity index (χ3v) is 5.88. The van der Waals surface area contributed by atoms with Crippen LogP contribution in [0, 0.1) is 16.0 Å².